The van der Waals surface area contributed by atoms with Crippen molar-refractivity contribution < 1.29 is 23.4 Å². The van der Waals surface area contributed by atoms with Gasteiger partial charge in [-0.25, -0.2) is 4.79 Å². The Hall–Kier alpha value is -3.42. The van der Waals surface area contributed by atoms with Crippen molar-refractivity contribution in [3.63, 3.8) is 0 Å². The van der Waals surface area contributed by atoms with E-state index in [4.69, 9.17) is 18.6 Å². The van der Waals surface area contributed by atoms with Crippen molar-refractivity contribution in [2.24, 2.45) is 0 Å². The van der Waals surface area contributed by atoms with E-state index in [1.165, 1.54) is 25.9 Å². The molecule has 0 bridgehead atoms. The van der Waals surface area contributed by atoms with Crippen LogP contribution in [0.1, 0.15) is 18.5 Å². The lowest BCUT2D eigenvalue weighted by atomic mass is 10.1. The highest BCUT2D eigenvalue weighted by molar-refractivity contribution is 5.83. The molecule has 1 N–H and O–H groups in total. The highest BCUT2D eigenvalue weighted by Crippen LogP contribution is 2.34. The Balaban J connectivity index is 1.82. The van der Waals surface area contributed by atoms with Gasteiger partial charge in [0.15, 0.2) is 17.1 Å². The summed E-state index contributed by atoms with van der Waals surface area (Å²) in [4.78, 5) is 24.9. The fourth-order valence-corrected chi connectivity index (χ4v) is 3.03. The SMILES string of the molecule is COc1cc(OC)c(OC)cc1CNC(=O)[C@@H](C)n1c(=O)oc2ccccc21. The van der Waals surface area contributed by atoms with Gasteiger partial charge in [-0.3, -0.25) is 9.36 Å². The summed E-state index contributed by atoms with van der Waals surface area (Å²) in [6.45, 7) is 1.84. The van der Waals surface area contributed by atoms with E-state index in [1.54, 1.807) is 43.3 Å². The van der Waals surface area contributed by atoms with Crippen LogP contribution in [0.25, 0.3) is 11.1 Å². The molecule has 0 unspecified atom stereocenters. The molecule has 8 heteroatoms. The lowest BCUT2D eigenvalue weighted by molar-refractivity contribution is -0.124. The topological polar surface area (TPSA) is 91.9 Å². The van der Waals surface area contributed by atoms with E-state index in [1.807, 2.05) is 0 Å². The molecule has 1 aromatic heterocycles. The van der Waals surface area contributed by atoms with Gasteiger partial charge in [0, 0.05) is 18.2 Å². The minimum Gasteiger partial charge on any atom is -0.496 e. The average molecular weight is 386 g/mol. The molecule has 2 aromatic carbocycles. The van der Waals surface area contributed by atoms with Gasteiger partial charge in [-0.1, -0.05) is 12.1 Å². The monoisotopic (exact) mass is 386 g/mol. The molecule has 0 radical (unpaired) electrons. The van der Waals surface area contributed by atoms with Crippen LogP contribution in [0.2, 0.25) is 0 Å². The van der Waals surface area contributed by atoms with Crippen molar-refractivity contribution in [1.82, 2.24) is 9.88 Å². The zero-order chi connectivity index (χ0) is 20.3. The minimum atomic E-state index is -0.748. The van der Waals surface area contributed by atoms with Gasteiger partial charge in [0.05, 0.1) is 26.8 Å². The molecule has 0 saturated carbocycles. The van der Waals surface area contributed by atoms with Crippen LogP contribution in [-0.2, 0) is 11.3 Å². The lowest BCUT2D eigenvalue weighted by Gasteiger charge is -2.16. The van der Waals surface area contributed by atoms with E-state index in [-0.39, 0.29) is 12.5 Å². The zero-order valence-corrected chi connectivity index (χ0v) is 16.1. The first-order valence-electron chi connectivity index (χ1n) is 8.66. The van der Waals surface area contributed by atoms with Crippen molar-refractivity contribution >= 4 is 17.0 Å². The smallest absolute Gasteiger partial charge is 0.420 e. The number of rotatable bonds is 7. The fourth-order valence-electron chi connectivity index (χ4n) is 3.03. The van der Waals surface area contributed by atoms with Crippen molar-refractivity contribution in [3.05, 3.63) is 52.5 Å². The Bertz CT molecular complexity index is 1050. The van der Waals surface area contributed by atoms with Crippen LogP contribution < -0.4 is 25.3 Å². The van der Waals surface area contributed by atoms with Crippen molar-refractivity contribution in [3.8, 4) is 17.2 Å². The molecule has 1 atom stereocenters. The van der Waals surface area contributed by atoms with Gasteiger partial charge in [-0.15, -0.1) is 0 Å². The summed E-state index contributed by atoms with van der Waals surface area (Å²) < 4.78 is 22.5. The number of amides is 1. The van der Waals surface area contributed by atoms with Crippen LogP contribution in [0.5, 0.6) is 17.2 Å². The summed E-state index contributed by atoms with van der Waals surface area (Å²) in [6, 6.07) is 9.66. The fraction of sp³-hybridized carbons (Fsp3) is 0.300. The molecular formula is C20H22N2O6. The standard InChI is InChI=1S/C20H22N2O6/c1-12(22-14-7-5-6-8-15(14)28-20(22)24)19(23)21-11-13-9-17(26-3)18(27-4)10-16(13)25-2/h5-10,12H,11H2,1-4H3,(H,21,23)/t12-/m1/s1. The second kappa shape index (κ2) is 8.08. The number of nitrogens with one attached hydrogen (secondary N) is 1. The highest BCUT2D eigenvalue weighted by atomic mass is 16.5. The Morgan fingerprint density at radius 1 is 1.07 bits per heavy atom. The highest BCUT2D eigenvalue weighted by Gasteiger charge is 2.21. The van der Waals surface area contributed by atoms with Gasteiger partial charge < -0.3 is 23.9 Å². The summed E-state index contributed by atoms with van der Waals surface area (Å²) >= 11 is 0. The number of para-hydroxylation sites is 2. The number of fused-ring (bicyclic) bond motifs is 1. The molecule has 0 aliphatic carbocycles. The number of carbonyl (C=O) groups excluding carboxylic acids is 1. The molecule has 3 rings (SSSR count). The number of hydrogen-bond acceptors (Lipinski definition) is 6. The quantitative estimate of drug-likeness (QED) is 0.671. The first kappa shape index (κ1) is 19.3. The van der Waals surface area contributed by atoms with E-state index >= 15 is 0 Å². The number of ether oxygens (including phenoxy) is 3. The summed E-state index contributed by atoms with van der Waals surface area (Å²) in [7, 11) is 4.60. The molecule has 8 nitrogen and oxygen atoms in total. The van der Waals surface area contributed by atoms with Gasteiger partial charge in [0.2, 0.25) is 5.91 Å². The van der Waals surface area contributed by atoms with Crippen LogP contribution in [0.15, 0.2) is 45.6 Å². The Kier molecular flexibility index (Phi) is 5.58. The first-order valence-corrected chi connectivity index (χ1v) is 8.66. The summed E-state index contributed by atoms with van der Waals surface area (Å²) in [5, 5.41) is 2.83. The third kappa shape index (κ3) is 3.53. The molecule has 0 aliphatic heterocycles. The molecule has 148 valence electrons. The van der Waals surface area contributed by atoms with Gasteiger partial charge in [-0.05, 0) is 25.1 Å². The first-order chi connectivity index (χ1) is 13.5. The van der Waals surface area contributed by atoms with Gasteiger partial charge in [0.1, 0.15) is 11.8 Å². The maximum Gasteiger partial charge on any atom is 0.420 e. The summed E-state index contributed by atoms with van der Waals surface area (Å²) in [5.74, 6) is 0.700. The molecular weight excluding hydrogens is 364 g/mol. The van der Waals surface area contributed by atoms with Gasteiger partial charge in [0.25, 0.3) is 0 Å². The second-order valence-corrected chi connectivity index (χ2v) is 6.12. The molecule has 0 spiro atoms. The molecule has 1 amide bonds. The number of hydrogen-bond donors (Lipinski definition) is 1. The van der Waals surface area contributed by atoms with E-state index in [2.05, 4.69) is 5.32 Å². The van der Waals surface area contributed by atoms with Gasteiger partial charge in [-0.2, -0.15) is 0 Å². The van der Waals surface area contributed by atoms with Crippen LogP contribution in [0.4, 0.5) is 0 Å². The van der Waals surface area contributed by atoms with Crippen LogP contribution in [0, 0.1) is 0 Å². The third-order valence-electron chi connectivity index (χ3n) is 4.53. The summed E-state index contributed by atoms with van der Waals surface area (Å²) in [6.07, 6.45) is 0. The lowest BCUT2D eigenvalue weighted by Crippen LogP contribution is -2.34. The number of methoxy groups -OCH3 is 3. The van der Waals surface area contributed by atoms with Crippen LogP contribution in [0.3, 0.4) is 0 Å². The number of oxazole rings is 1. The summed E-state index contributed by atoms with van der Waals surface area (Å²) in [5.41, 5.74) is 1.72. The molecule has 0 aliphatic rings. The molecule has 28 heavy (non-hydrogen) atoms. The predicted octanol–water partition coefficient (Wildman–Crippen LogP) is 2.50. The van der Waals surface area contributed by atoms with Crippen molar-refractivity contribution in [2.75, 3.05) is 21.3 Å². The number of nitrogens with zero attached hydrogens (tertiary/aromatic N) is 1. The van der Waals surface area contributed by atoms with Crippen LogP contribution >= 0.6 is 0 Å². The normalized spacial score (nSPS) is 11.9. The number of benzene rings is 2. The molecule has 1 heterocycles. The zero-order valence-electron chi connectivity index (χ0n) is 16.1. The maximum atomic E-state index is 12.7. The minimum absolute atomic E-state index is 0.192. The van der Waals surface area contributed by atoms with Gasteiger partial charge >= 0.3 is 5.76 Å². The average Bonchev–Trinajstić information content (AvgIpc) is 3.06. The molecule has 0 saturated heterocycles. The van der Waals surface area contributed by atoms with E-state index in [9.17, 15) is 9.59 Å². The number of aromatic nitrogens is 1. The van der Waals surface area contributed by atoms with Crippen molar-refractivity contribution in [2.45, 2.75) is 19.5 Å². The third-order valence-corrected chi connectivity index (χ3v) is 4.53. The second-order valence-electron chi connectivity index (χ2n) is 6.12. The van der Waals surface area contributed by atoms with E-state index in [0.29, 0.717) is 33.9 Å². The Labute approximate surface area is 161 Å². The van der Waals surface area contributed by atoms with Crippen molar-refractivity contribution in [1.29, 1.82) is 0 Å². The largest absolute Gasteiger partial charge is 0.496 e. The Morgan fingerprint density at radius 2 is 1.71 bits per heavy atom. The molecule has 3 aromatic rings. The molecule has 0 fully saturated rings. The van der Waals surface area contributed by atoms with E-state index < -0.39 is 11.8 Å². The Morgan fingerprint density at radius 3 is 2.39 bits per heavy atom. The van der Waals surface area contributed by atoms with Crippen LogP contribution in [-0.4, -0.2) is 31.8 Å². The van der Waals surface area contributed by atoms with E-state index in [0.717, 1.165) is 0 Å². The predicted molar refractivity (Wildman–Crippen MR) is 103 cm³/mol. The maximum absolute atomic E-state index is 12.7. The number of carbonyl (C=O) groups is 1.